The van der Waals surface area contributed by atoms with Crippen LogP contribution in [-0.2, 0) is 0 Å². The van der Waals surface area contributed by atoms with Crippen molar-refractivity contribution >= 4 is 34.6 Å². The number of hydrogen-bond donors (Lipinski definition) is 1. The van der Waals surface area contributed by atoms with Gasteiger partial charge in [-0.25, -0.2) is 19.1 Å². The molecule has 3 heterocycles. The van der Waals surface area contributed by atoms with Crippen LogP contribution < -0.4 is 15.0 Å². The minimum Gasteiger partial charge on any atom is -0.496 e. The smallest absolute Gasteiger partial charge is 0.179 e. The lowest BCUT2D eigenvalue weighted by Gasteiger charge is -2.41. The Kier molecular flexibility index (Phi) is 5.66. The van der Waals surface area contributed by atoms with Crippen LogP contribution in [0.5, 0.6) is 5.75 Å². The predicted octanol–water partition coefficient (Wildman–Crippen LogP) is 7.12. The number of aryl methyl sites for hydroxylation is 1. The van der Waals surface area contributed by atoms with Crippen LogP contribution in [0.25, 0.3) is 5.69 Å². The largest absolute Gasteiger partial charge is 0.496 e. The second kappa shape index (κ2) is 9.50. The number of hydrogen-bond acceptors (Lipinski definition) is 6. The monoisotopic (exact) mass is 528 g/mol. The van der Waals surface area contributed by atoms with Gasteiger partial charge in [-0.3, -0.25) is 0 Å². The van der Waals surface area contributed by atoms with Crippen LogP contribution in [0.1, 0.15) is 22.9 Å². The van der Waals surface area contributed by atoms with Crippen molar-refractivity contribution in [2.45, 2.75) is 13.0 Å². The second-order valence-electron chi connectivity index (χ2n) is 9.60. The fourth-order valence-corrected chi connectivity index (χ4v) is 5.44. The average Bonchev–Trinajstić information content (AvgIpc) is 3.32. The van der Waals surface area contributed by atoms with Crippen LogP contribution in [0.4, 0.5) is 27.3 Å². The number of nitrogens with zero attached hydrogens (tertiary/aromatic N) is 5. The van der Waals surface area contributed by atoms with Gasteiger partial charge < -0.3 is 15.0 Å². The maximum Gasteiger partial charge on any atom is 0.179 e. The summed E-state index contributed by atoms with van der Waals surface area (Å²) in [4.78, 5) is 12.3. The van der Waals surface area contributed by atoms with Gasteiger partial charge in [0, 0.05) is 16.8 Å². The van der Waals surface area contributed by atoms with Crippen molar-refractivity contribution in [3.8, 4) is 11.4 Å². The van der Waals surface area contributed by atoms with Gasteiger partial charge in [0.05, 0.1) is 35.9 Å². The van der Waals surface area contributed by atoms with E-state index < -0.39 is 0 Å². The van der Waals surface area contributed by atoms with E-state index in [-0.39, 0.29) is 11.9 Å². The number of aromatic nitrogens is 2. The molecule has 1 unspecified atom stereocenters. The second-order valence-corrected chi connectivity index (χ2v) is 9.60. The van der Waals surface area contributed by atoms with Crippen molar-refractivity contribution < 1.29 is 9.13 Å². The van der Waals surface area contributed by atoms with Gasteiger partial charge in [-0.15, -0.1) is 0 Å². The van der Waals surface area contributed by atoms with Crippen molar-refractivity contribution in [1.29, 1.82) is 0 Å². The summed E-state index contributed by atoms with van der Waals surface area (Å²) < 4.78 is 21.9. The first-order valence-corrected chi connectivity index (χ1v) is 13.0. The normalized spacial score (nSPS) is 15.4. The molecule has 7 rings (SSSR count). The molecule has 8 heteroatoms. The minimum absolute atomic E-state index is 0.322. The van der Waals surface area contributed by atoms with E-state index in [1.165, 1.54) is 12.1 Å². The molecule has 4 aromatic carbocycles. The number of fused-ring (bicyclic) bond motifs is 4. The summed E-state index contributed by atoms with van der Waals surface area (Å²) in [7, 11) is 1.68. The Morgan fingerprint density at radius 2 is 1.62 bits per heavy atom. The van der Waals surface area contributed by atoms with Crippen molar-refractivity contribution in [1.82, 2.24) is 9.78 Å². The summed E-state index contributed by atoms with van der Waals surface area (Å²) in [5.41, 5.74) is 5.95. The first kappa shape index (κ1) is 23.8. The topological polar surface area (TPSA) is 67.0 Å². The van der Waals surface area contributed by atoms with Crippen LogP contribution in [0.3, 0.4) is 0 Å². The van der Waals surface area contributed by atoms with Crippen LogP contribution in [0.2, 0.25) is 0 Å². The molecule has 2 aliphatic rings. The maximum atomic E-state index is 14.2. The number of benzene rings is 4. The molecule has 5 aromatic rings. The molecule has 0 saturated carbocycles. The summed E-state index contributed by atoms with van der Waals surface area (Å²) in [5.74, 6) is 2.23. The summed E-state index contributed by atoms with van der Waals surface area (Å²) in [5, 5.41) is 8.30. The van der Waals surface area contributed by atoms with E-state index in [1.807, 2.05) is 84.4 Å². The fourth-order valence-electron chi connectivity index (χ4n) is 5.44. The molecule has 1 N–H and O–H groups in total. The molecule has 0 saturated heterocycles. The number of rotatable bonds is 4. The van der Waals surface area contributed by atoms with Gasteiger partial charge in [0.2, 0.25) is 0 Å². The van der Waals surface area contributed by atoms with Crippen LogP contribution >= 0.6 is 0 Å². The number of para-hydroxylation sites is 4. The highest BCUT2D eigenvalue weighted by molar-refractivity contribution is 6.51. The van der Waals surface area contributed by atoms with Crippen LogP contribution in [0.15, 0.2) is 113 Å². The molecular formula is C32H25FN6O. The van der Waals surface area contributed by atoms with Gasteiger partial charge in [0.15, 0.2) is 17.5 Å². The first-order valence-electron chi connectivity index (χ1n) is 13.0. The van der Waals surface area contributed by atoms with Gasteiger partial charge in [0.25, 0.3) is 0 Å². The number of methoxy groups -OCH3 is 1. The lowest BCUT2D eigenvalue weighted by molar-refractivity contribution is 0.407. The molecule has 1 atom stereocenters. The van der Waals surface area contributed by atoms with E-state index in [1.54, 1.807) is 19.2 Å². The summed E-state index contributed by atoms with van der Waals surface area (Å²) in [6.45, 7) is 2.01. The molecule has 0 spiro atoms. The summed E-state index contributed by atoms with van der Waals surface area (Å²) >= 11 is 0. The highest BCUT2D eigenvalue weighted by Gasteiger charge is 2.42. The molecule has 0 fully saturated rings. The fraction of sp³-hybridized carbons (Fsp3) is 0.0938. The number of aliphatic imine (C=N–C) groups is 2. The van der Waals surface area contributed by atoms with Gasteiger partial charge in [-0.2, -0.15) is 5.10 Å². The van der Waals surface area contributed by atoms with Crippen molar-refractivity contribution in [3.63, 3.8) is 0 Å². The molecule has 0 amide bonds. The van der Waals surface area contributed by atoms with Crippen molar-refractivity contribution in [2.75, 3.05) is 17.3 Å². The van der Waals surface area contributed by atoms with E-state index >= 15 is 0 Å². The number of halogens is 1. The zero-order valence-electron chi connectivity index (χ0n) is 21.9. The van der Waals surface area contributed by atoms with E-state index in [0.29, 0.717) is 23.2 Å². The van der Waals surface area contributed by atoms with E-state index in [2.05, 4.69) is 16.3 Å². The van der Waals surface area contributed by atoms with E-state index in [4.69, 9.17) is 19.8 Å². The molecule has 1 aromatic heterocycles. The highest BCUT2D eigenvalue weighted by atomic mass is 19.1. The Hall–Kier alpha value is -5.24. The Labute approximate surface area is 230 Å². The average molecular weight is 529 g/mol. The molecule has 196 valence electrons. The molecule has 0 aliphatic carbocycles. The highest BCUT2D eigenvalue weighted by Crippen LogP contribution is 2.49. The lowest BCUT2D eigenvalue weighted by Crippen LogP contribution is -2.46. The minimum atomic E-state index is -0.337. The molecule has 2 aliphatic heterocycles. The van der Waals surface area contributed by atoms with Crippen molar-refractivity contribution in [3.05, 3.63) is 126 Å². The van der Waals surface area contributed by atoms with Gasteiger partial charge >= 0.3 is 0 Å². The number of nitrogens with one attached hydrogen (secondary N) is 1. The Balaban J connectivity index is 1.52. The predicted molar refractivity (Wildman–Crippen MR) is 156 cm³/mol. The quantitative estimate of drug-likeness (QED) is 0.270. The molecule has 7 nitrogen and oxygen atoms in total. The third-order valence-electron chi connectivity index (χ3n) is 7.16. The Bertz CT molecular complexity index is 1810. The number of amidine groups is 2. The zero-order chi connectivity index (χ0) is 27.2. The third kappa shape index (κ3) is 3.84. The lowest BCUT2D eigenvalue weighted by atomic mass is 9.92. The summed E-state index contributed by atoms with van der Waals surface area (Å²) in [6, 6.07) is 31.9. The Morgan fingerprint density at radius 1 is 0.850 bits per heavy atom. The first-order chi connectivity index (χ1) is 19.6. The van der Waals surface area contributed by atoms with Crippen LogP contribution in [0, 0.1) is 12.7 Å². The molecule has 40 heavy (non-hydrogen) atoms. The molecule has 0 bridgehead atoms. The SMILES string of the molecule is COc1ccccc1C1c2c(C)nn(-c3ccccc3)c2N=C2C(Nc3cccc(F)c3)=Nc3ccccc3N21. The van der Waals surface area contributed by atoms with Gasteiger partial charge in [-0.05, 0) is 55.5 Å². The molecular weight excluding hydrogens is 503 g/mol. The number of ether oxygens (including phenoxy) is 1. The Morgan fingerprint density at radius 3 is 2.45 bits per heavy atom. The zero-order valence-corrected chi connectivity index (χ0v) is 21.9. The van der Waals surface area contributed by atoms with Crippen LogP contribution in [-0.4, -0.2) is 28.6 Å². The van der Waals surface area contributed by atoms with Gasteiger partial charge in [0.1, 0.15) is 11.6 Å². The van der Waals surface area contributed by atoms with Gasteiger partial charge in [-0.1, -0.05) is 54.6 Å². The standard InChI is InChI=1S/C32H25FN6O/c1-20-28-29(24-15-6-9-18-27(24)40-2)38-26-17-8-7-16-25(26)35-30(34-22-12-10-11-21(33)19-22)32(38)36-31(28)39(37-20)23-13-4-3-5-14-23/h3-19,29H,1-2H3,(H,34,35). The van der Waals surface area contributed by atoms with E-state index in [0.717, 1.165) is 39.6 Å². The summed E-state index contributed by atoms with van der Waals surface area (Å²) in [6.07, 6.45) is 0. The van der Waals surface area contributed by atoms with Crippen molar-refractivity contribution in [2.24, 2.45) is 9.98 Å². The molecule has 0 radical (unpaired) electrons. The number of anilines is 2. The van der Waals surface area contributed by atoms with E-state index in [9.17, 15) is 4.39 Å². The maximum absolute atomic E-state index is 14.2. The third-order valence-corrected chi connectivity index (χ3v) is 7.16.